The highest BCUT2D eigenvalue weighted by Crippen LogP contribution is 2.21. The second-order valence-corrected chi connectivity index (χ2v) is 7.15. The predicted octanol–water partition coefficient (Wildman–Crippen LogP) is 4.92. The van der Waals surface area contributed by atoms with Crippen LogP contribution in [-0.2, 0) is 25.8 Å². The van der Waals surface area contributed by atoms with Crippen LogP contribution < -0.4 is 4.74 Å². The molecule has 3 heteroatoms. The van der Waals surface area contributed by atoms with Gasteiger partial charge in [0.15, 0.2) is 0 Å². The van der Waals surface area contributed by atoms with Gasteiger partial charge >= 0.3 is 0 Å². The fourth-order valence-corrected chi connectivity index (χ4v) is 3.35. The molecule has 0 aliphatic carbocycles. The monoisotopic (exact) mass is 348 g/mol. The Morgan fingerprint density at radius 1 is 1.00 bits per heavy atom. The zero-order valence-corrected chi connectivity index (χ0v) is 16.0. The molecule has 0 N–H and O–H groups in total. The van der Waals surface area contributed by atoms with Crippen LogP contribution in [0.1, 0.15) is 36.4 Å². The highest BCUT2D eigenvalue weighted by Gasteiger charge is 2.14. The first kappa shape index (κ1) is 18.2. The Morgan fingerprint density at radius 3 is 2.46 bits per heavy atom. The third-order valence-electron chi connectivity index (χ3n) is 4.66. The average molecular weight is 348 g/mol. The summed E-state index contributed by atoms with van der Waals surface area (Å²) in [6.45, 7) is 5.46. The van der Waals surface area contributed by atoms with Crippen molar-refractivity contribution in [1.82, 2.24) is 9.55 Å². The number of hydrogen-bond donors (Lipinski definition) is 0. The molecule has 0 aliphatic heterocycles. The largest absolute Gasteiger partial charge is 0.496 e. The van der Waals surface area contributed by atoms with Crippen molar-refractivity contribution in [3.8, 4) is 5.75 Å². The summed E-state index contributed by atoms with van der Waals surface area (Å²) in [6, 6.07) is 18.8. The molecule has 0 fully saturated rings. The molecule has 0 aliphatic rings. The molecule has 0 spiro atoms. The maximum atomic E-state index is 5.49. The van der Waals surface area contributed by atoms with Gasteiger partial charge < -0.3 is 9.30 Å². The van der Waals surface area contributed by atoms with Crippen LogP contribution in [0.25, 0.3) is 0 Å². The quantitative estimate of drug-likeness (QED) is 0.577. The Morgan fingerprint density at radius 2 is 1.73 bits per heavy atom. The van der Waals surface area contributed by atoms with Crippen molar-refractivity contribution in [1.29, 1.82) is 0 Å². The topological polar surface area (TPSA) is 27.1 Å². The molecule has 26 heavy (non-hydrogen) atoms. The van der Waals surface area contributed by atoms with Crippen molar-refractivity contribution < 1.29 is 4.74 Å². The van der Waals surface area contributed by atoms with E-state index < -0.39 is 0 Å². The summed E-state index contributed by atoms with van der Waals surface area (Å²) in [7, 11) is 1.73. The van der Waals surface area contributed by atoms with Crippen molar-refractivity contribution in [2.75, 3.05) is 7.11 Å². The van der Waals surface area contributed by atoms with Gasteiger partial charge in [0.2, 0.25) is 0 Å². The minimum atomic E-state index is 0.603. The predicted molar refractivity (Wildman–Crippen MR) is 107 cm³/mol. The molecule has 136 valence electrons. The highest BCUT2D eigenvalue weighted by atomic mass is 16.5. The van der Waals surface area contributed by atoms with E-state index in [1.54, 1.807) is 7.11 Å². The Balaban J connectivity index is 1.80. The van der Waals surface area contributed by atoms with Crippen LogP contribution in [0.5, 0.6) is 5.75 Å². The van der Waals surface area contributed by atoms with E-state index >= 15 is 0 Å². The molecule has 0 saturated heterocycles. The Labute approximate surface area is 156 Å². The van der Waals surface area contributed by atoms with E-state index in [0.717, 1.165) is 31.6 Å². The molecule has 0 amide bonds. The molecule has 1 heterocycles. The van der Waals surface area contributed by atoms with E-state index in [1.165, 1.54) is 22.5 Å². The maximum absolute atomic E-state index is 5.49. The van der Waals surface area contributed by atoms with E-state index in [0.29, 0.717) is 5.92 Å². The Hall–Kier alpha value is -2.55. The van der Waals surface area contributed by atoms with Crippen molar-refractivity contribution in [3.63, 3.8) is 0 Å². The van der Waals surface area contributed by atoms with Crippen molar-refractivity contribution in [2.24, 2.45) is 5.92 Å². The molecule has 0 bridgehead atoms. The summed E-state index contributed by atoms with van der Waals surface area (Å²) in [6.07, 6.45) is 4.89. The van der Waals surface area contributed by atoms with Gasteiger partial charge in [0.1, 0.15) is 5.75 Å². The van der Waals surface area contributed by atoms with E-state index in [4.69, 9.17) is 9.72 Å². The van der Waals surface area contributed by atoms with E-state index in [-0.39, 0.29) is 0 Å². The van der Waals surface area contributed by atoms with Gasteiger partial charge in [0, 0.05) is 18.7 Å². The number of rotatable bonds is 8. The van der Waals surface area contributed by atoms with Gasteiger partial charge in [-0.2, -0.15) is 0 Å². The minimum Gasteiger partial charge on any atom is -0.496 e. The normalized spacial score (nSPS) is 11.1. The Bertz CT molecular complexity index is 821. The minimum absolute atomic E-state index is 0.603. The molecule has 0 saturated carbocycles. The summed E-state index contributed by atoms with van der Waals surface area (Å²) in [5, 5.41) is 0. The van der Waals surface area contributed by atoms with Gasteiger partial charge in [-0.05, 0) is 36.0 Å². The lowest BCUT2D eigenvalue weighted by Crippen LogP contribution is -2.09. The second kappa shape index (κ2) is 8.70. The first-order valence-corrected chi connectivity index (χ1v) is 9.36. The number of para-hydroxylation sites is 1. The molecule has 2 aromatic carbocycles. The number of methoxy groups -OCH3 is 1. The van der Waals surface area contributed by atoms with Crippen LogP contribution >= 0.6 is 0 Å². The first-order valence-electron chi connectivity index (χ1n) is 9.36. The van der Waals surface area contributed by atoms with E-state index in [2.05, 4.69) is 60.9 Å². The van der Waals surface area contributed by atoms with E-state index in [9.17, 15) is 0 Å². The molecule has 3 rings (SSSR count). The number of hydrogen-bond acceptors (Lipinski definition) is 2. The fraction of sp³-hybridized carbons (Fsp3) is 0.348. The number of benzene rings is 2. The first-order chi connectivity index (χ1) is 12.7. The highest BCUT2D eigenvalue weighted by molar-refractivity contribution is 5.33. The summed E-state index contributed by atoms with van der Waals surface area (Å²) in [5.41, 5.74) is 5.11. The van der Waals surface area contributed by atoms with Crippen molar-refractivity contribution in [2.45, 2.75) is 39.7 Å². The number of aromatic nitrogens is 2. The summed E-state index contributed by atoms with van der Waals surface area (Å²) in [4.78, 5) is 4.75. The zero-order valence-electron chi connectivity index (χ0n) is 16.0. The number of nitrogens with zero attached hydrogens (tertiary/aromatic N) is 2. The molecular weight excluding hydrogens is 320 g/mol. The molecule has 3 nitrogen and oxygen atoms in total. The molecule has 1 aromatic heterocycles. The Kier molecular flexibility index (Phi) is 6.11. The fourth-order valence-electron chi connectivity index (χ4n) is 3.35. The van der Waals surface area contributed by atoms with Crippen LogP contribution in [-0.4, -0.2) is 16.7 Å². The van der Waals surface area contributed by atoms with Crippen LogP contribution in [0.2, 0.25) is 0 Å². The third-order valence-corrected chi connectivity index (χ3v) is 4.66. The van der Waals surface area contributed by atoms with Gasteiger partial charge in [0.05, 0.1) is 19.1 Å². The molecular formula is C23H28N2O. The summed E-state index contributed by atoms with van der Waals surface area (Å²) < 4.78 is 7.81. The van der Waals surface area contributed by atoms with Crippen molar-refractivity contribution >= 4 is 0 Å². The standard InChI is InChI=1S/C23H28N2O/c1-18(2)15-22-21(16-19-9-5-4-6-10-19)24-17-25(22)14-13-20-11-7-8-12-23(20)26-3/h4-12,17-18H,13-16H2,1-3H3. The van der Waals surface area contributed by atoms with Crippen LogP contribution in [0.15, 0.2) is 60.9 Å². The second-order valence-electron chi connectivity index (χ2n) is 7.15. The number of aryl methyl sites for hydroxylation is 2. The van der Waals surface area contributed by atoms with Crippen LogP contribution in [0.4, 0.5) is 0 Å². The lowest BCUT2D eigenvalue weighted by Gasteiger charge is -2.14. The van der Waals surface area contributed by atoms with Gasteiger partial charge in [-0.15, -0.1) is 0 Å². The SMILES string of the molecule is COc1ccccc1CCn1cnc(Cc2ccccc2)c1CC(C)C. The lowest BCUT2D eigenvalue weighted by atomic mass is 10.0. The van der Waals surface area contributed by atoms with Crippen LogP contribution in [0, 0.1) is 5.92 Å². The molecule has 0 atom stereocenters. The van der Waals surface area contributed by atoms with E-state index in [1.807, 2.05) is 18.5 Å². The third kappa shape index (κ3) is 4.54. The van der Waals surface area contributed by atoms with Gasteiger partial charge in [0.25, 0.3) is 0 Å². The van der Waals surface area contributed by atoms with Gasteiger partial charge in [-0.1, -0.05) is 62.4 Å². The smallest absolute Gasteiger partial charge is 0.122 e. The summed E-state index contributed by atoms with van der Waals surface area (Å²) in [5.74, 6) is 1.56. The lowest BCUT2D eigenvalue weighted by molar-refractivity contribution is 0.408. The van der Waals surface area contributed by atoms with Crippen LogP contribution in [0.3, 0.4) is 0 Å². The van der Waals surface area contributed by atoms with Gasteiger partial charge in [-0.25, -0.2) is 4.98 Å². The maximum Gasteiger partial charge on any atom is 0.122 e. The molecule has 0 radical (unpaired) electrons. The average Bonchev–Trinajstić information content (AvgIpc) is 3.02. The zero-order chi connectivity index (χ0) is 18.4. The molecule has 3 aromatic rings. The summed E-state index contributed by atoms with van der Waals surface area (Å²) >= 11 is 0. The van der Waals surface area contributed by atoms with Crippen molar-refractivity contribution in [3.05, 3.63) is 83.4 Å². The number of ether oxygens (including phenoxy) is 1. The number of imidazole rings is 1. The molecule has 0 unspecified atom stereocenters. The van der Waals surface area contributed by atoms with Gasteiger partial charge in [-0.3, -0.25) is 0 Å².